The molecule has 2 aromatic carbocycles. The predicted octanol–water partition coefficient (Wildman–Crippen LogP) is 6.18. The Morgan fingerprint density at radius 1 is 0.921 bits per heavy atom. The van der Waals surface area contributed by atoms with Crippen molar-refractivity contribution in [3.05, 3.63) is 71.8 Å². The van der Waals surface area contributed by atoms with Gasteiger partial charge in [0.1, 0.15) is 18.1 Å². The predicted molar refractivity (Wildman–Crippen MR) is 146 cm³/mol. The van der Waals surface area contributed by atoms with Crippen molar-refractivity contribution in [2.45, 2.75) is 70.3 Å². The van der Waals surface area contributed by atoms with E-state index in [1.54, 1.807) is 6.07 Å². The number of carboxylic acids is 1. The van der Waals surface area contributed by atoms with Crippen LogP contribution in [-0.4, -0.2) is 49.6 Å². The van der Waals surface area contributed by atoms with Crippen LogP contribution in [0.1, 0.15) is 72.9 Å². The largest absolute Gasteiger partial charge is 0.494 e. The molecule has 0 unspecified atom stereocenters. The number of rotatable bonds is 17. The van der Waals surface area contributed by atoms with E-state index in [4.69, 9.17) is 18.9 Å². The minimum Gasteiger partial charge on any atom is -0.494 e. The van der Waals surface area contributed by atoms with Crippen molar-refractivity contribution in [3.63, 3.8) is 0 Å². The Labute approximate surface area is 225 Å². The molecule has 0 aromatic heterocycles. The van der Waals surface area contributed by atoms with Gasteiger partial charge in [-0.3, -0.25) is 4.79 Å². The monoisotopic (exact) mass is 524 g/mol. The van der Waals surface area contributed by atoms with Gasteiger partial charge >= 0.3 is 11.9 Å². The molecule has 0 radical (unpaired) electrons. The first-order valence-electron chi connectivity index (χ1n) is 13.6. The van der Waals surface area contributed by atoms with Gasteiger partial charge in [-0.15, -0.1) is 0 Å². The van der Waals surface area contributed by atoms with E-state index in [-0.39, 0.29) is 18.6 Å². The molecule has 0 saturated heterocycles. The Hall–Kier alpha value is -3.32. The van der Waals surface area contributed by atoms with E-state index in [1.807, 2.05) is 12.1 Å². The van der Waals surface area contributed by atoms with E-state index in [9.17, 15) is 14.7 Å². The van der Waals surface area contributed by atoms with E-state index in [0.717, 1.165) is 38.0 Å². The zero-order valence-electron chi connectivity index (χ0n) is 22.2. The molecule has 0 atom stereocenters. The van der Waals surface area contributed by atoms with Crippen LogP contribution in [0.15, 0.2) is 55.1 Å². The van der Waals surface area contributed by atoms with Gasteiger partial charge in [-0.2, -0.15) is 0 Å². The average molecular weight is 525 g/mol. The minimum absolute atomic E-state index is 0.0701. The molecule has 0 aliphatic heterocycles. The molecule has 38 heavy (non-hydrogen) atoms. The van der Waals surface area contributed by atoms with Crippen molar-refractivity contribution >= 4 is 11.9 Å². The summed E-state index contributed by atoms with van der Waals surface area (Å²) in [6.07, 6.45) is 11.8. The normalized spacial score (nSPS) is 13.6. The Morgan fingerprint density at radius 3 is 2.39 bits per heavy atom. The molecule has 1 aliphatic carbocycles. The smallest absolute Gasteiger partial charge is 0.335 e. The quantitative estimate of drug-likeness (QED) is 0.150. The highest BCUT2D eigenvalue weighted by Crippen LogP contribution is 2.23. The number of aromatic carboxylic acids is 1. The van der Waals surface area contributed by atoms with Crippen LogP contribution in [0, 0.1) is 0 Å². The number of hydrogen-bond acceptors (Lipinski definition) is 6. The number of carbonyl (C=O) groups is 2. The summed E-state index contributed by atoms with van der Waals surface area (Å²) in [4.78, 5) is 23.4. The van der Waals surface area contributed by atoms with Gasteiger partial charge in [-0.25, -0.2) is 4.79 Å². The summed E-state index contributed by atoms with van der Waals surface area (Å²) in [6.45, 7) is 5.56. The van der Waals surface area contributed by atoms with Crippen LogP contribution in [0.2, 0.25) is 0 Å². The maximum atomic E-state index is 12.0. The van der Waals surface area contributed by atoms with Crippen molar-refractivity contribution in [1.82, 2.24) is 0 Å². The molecule has 206 valence electrons. The molecule has 1 saturated carbocycles. The Morgan fingerprint density at radius 2 is 1.66 bits per heavy atom. The van der Waals surface area contributed by atoms with E-state index < -0.39 is 11.9 Å². The molecule has 3 rings (SSSR count). The number of unbranched alkanes of at least 4 members (excludes halogenated alkanes) is 1. The maximum Gasteiger partial charge on any atom is 0.335 e. The molecule has 7 heteroatoms. The summed E-state index contributed by atoms with van der Waals surface area (Å²) >= 11 is 0. The van der Waals surface area contributed by atoms with Gasteiger partial charge in [0, 0.05) is 12.2 Å². The summed E-state index contributed by atoms with van der Waals surface area (Å²) in [5, 5.41) is 9.28. The molecule has 0 spiro atoms. The summed E-state index contributed by atoms with van der Waals surface area (Å²) in [7, 11) is 0. The highest BCUT2D eigenvalue weighted by atomic mass is 16.5. The van der Waals surface area contributed by atoms with Gasteiger partial charge in [0.2, 0.25) is 0 Å². The van der Waals surface area contributed by atoms with Gasteiger partial charge in [-0.1, -0.05) is 44.1 Å². The van der Waals surface area contributed by atoms with Crippen LogP contribution in [0.5, 0.6) is 11.5 Å². The molecule has 0 heterocycles. The fraction of sp³-hybridized carbons (Fsp3) is 0.484. The Kier molecular flexibility index (Phi) is 12.7. The lowest BCUT2D eigenvalue weighted by Crippen LogP contribution is -2.17. The topological polar surface area (TPSA) is 91.3 Å². The summed E-state index contributed by atoms with van der Waals surface area (Å²) in [5.41, 5.74) is 1.76. The van der Waals surface area contributed by atoms with Gasteiger partial charge in [0.05, 0.1) is 31.3 Å². The third-order valence-corrected chi connectivity index (χ3v) is 6.51. The lowest BCUT2D eigenvalue weighted by atomic mass is 9.98. The SMILES string of the molecule is C=CCOC(=O)Cc1cc(C(=O)O)ccc1OCCCc1ccc(OCCCCOC2CCCCC2)cc1. The van der Waals surface area contributed by atoms with Crippen LogP contribution < -0.4 is 9.47 Å². The fourth-order valence-corrected chi connectivity index (χ4v) is 4.44. The van der Waals surface area contributed by atoms with E-state index in [0.29, 0.717) is 30.6 Å². The summed E-state index contributed by atoms with van der Waals surface area (Å²) < 4.78 is 22.8. The first-order valence-corrected chi connectivity index (χ1v) is 13.6. The van der Waals surface area contributed by atoms with Gasteiger partial charge < -0.3 is 24.1 Å². The van der Waals surface area contributed by atoms with Gasteiger partial charge in [0.25, 0.3) is 0 Å². The molecule has 1 aliphatic rings. The number of carboxylic acid groups (broad SMARTS) is 1. The highest BCUT2D eigenvalue weighted by Gasteiger charge is 2.14. The average Bonchev–Trinajstić information content (AvgIpc) is 2.93. The molecule has 7 nitrogen and oxygen atoms in total. The molecule has 2 aromatic rings. The third-order valence-electron chi connectivity index (χ3n) is 6.51. The second-order valence-corrected chi connectivity index (χ2v) is 9.56. The van der Waals surface area contributed by atoms with E-state index in [2.05, 4.69) is 18.7 Å². The number of ether oxygens (including phenoxy) is 4. The number of aryl methyl sites for hydroxylation is 1. The lowest BCUT2D eigenvalue weighted by molar-refractivity contribution is -0.141. The number of benzene rings is 2. The highest BCUT2D eigenvalue weighted by molar-refractivity contribution is 5.88. The fourth-order valence-electron chi connectivity index (χ4n) is 4.44. The van der Waals surface area contributed by atoms with Crippen LogP contribution in [0.3, 0.4) is 0 Å². The van der Waals surface area contributed by atoms with Crippen molar-refractivity contribution in [3.8, 4) is 11.5 Å². The second-order valence-electron chi connectivity index (χ2n) is 9.56. The number of carbonyl (C=O) groups excluding carboxylic acids is 1. The standard InChI is InChI=1S/C31H40O7/c1-2-18-38-30(32)23-26-22-25(31(33)34)14-17-29(26)37-21-8-9-24-12-15-28(16-13-24)36-20-7-6-19-35-27-10-4-3-5-11-27/h2,12-17,22,27H,1,3-11,18-21,23H2,(H,33,34). The van der Waals surface area contributed by atoms with Crippen LogP contribution in [0.4, 0.5) is 0 Å². The van der Waals surface area contributed by atoms with Crippen molar-refractivity contribution < 1.29 is 33.6 Å². The van der Waals surface area contributed by atoms with Gasteiger partial charge in [0.15, 0.2) is 0 Å². The maximum absolute atomic E-state index is 12.0. The Balaban J connectivity index is 1.35. The number of hydrogen-bond donors (Lipinski definition) is 1. The van der Waals surface area contributed by atoms with E-state index in [1.165, 1.54) is 55.9 Å². The van der Waals surface area contributed by atoms with Gasteiger partial charge in [-0.05, 0) is 74.4 Å². The second kappa shape index (κ2) is 16.5. The molecule has 0 amide bonds. The number of esters is 1. The minimum atomic E-state index is -1.06. The van der Waals surface area contributed by atoms with Crippen molar-refractivity contribution in [1.29, 1.82) is 0 Å². The van der Waals surface area contributed by atoms with Crippen LogP contribution in [-0.2, 0) is 27.1 Å². The first kappa shape index (κ1) is 29.2. The van der Waals surface area contributed by atoms with Crippen molar-refractivity contribution in [2.75, 3.05) is 26.4 Å². The Bertz CT molecular complexity index is 1010. The zero-order valence-corrected chi connectivity index (χ0v) is 22.2. The summed E-state index contributed by atoms with van der Waals surface area (Å²) in [5.74, 6) is -0.177. The van der Waals surface area contributed by atoms with E-state index >= 15 is 0 Å². The molecule has 1 N–H and O–H groups in total. The third kappa shape index (κ3) is 10.6. The molecule has 0 bridgehead atoms. The zero-order chi connectivity index (χ0) is 27.0. The lowest BCUT2D eigenvalue weighted by Gasteiger charge is -2.21. The van der Waals surface area contributed by atoms with Crippen molar-refractivity contribution in [2.24, 2.45) is 0 Å². The molecular formula is C31H40O7. The first-order chi connectivity index (χ1) is 18.5. The molecule has 1 fully saturated rings. The molecular weight excluding hydrogens is 484 g/mol. The van der Waals surface area contributed by atoms with Crippen LogP contribution in [0.25, 0.3) is 0 Å². The summed E-state index contributed by atoms with van der Waals surface area (Å²) in [6, 6.07) is 12.6. The van der Waals surface area contributed by atoms with Crippen LogP contribution >= 0.6 is 0 Å².